The number of alkyl carbamates (subject to hydrolysis) is 2. The second-order valence-electron chi connectivity index (χ2n) is 7.53. The third-order valence-corrected chi connectivity index (χ3v) is 2.69. The Hall–Kier alpha value is -2.24. The van der Waals surface area contributed by atoms with Gasteiger partial charge in [-0.2, -0.15) is 0 Å². The molecule has 0 aliphatic heterocycles. The Morgan fingerprint density at radius 2 is 1.04 bits per heavy atom. The van der Waals surface area contributed by atoms with E-state index >= 15 is 0 Å². The number of hydrogen-bond acceptors (Lipinski definition) is 4. The standard InChI is InChI=1S/C18H28N2O4/c1-17(2,3)23-15(21)19-11-13-7-9-14(10-8-13)12-20-16(22)24-18(4,5)6/h7-10H,11-12H2,1-6H3,(H,19,21)(H,20,22). The lowest BCUT2D eigenvalue weighted by Crippen LogP contribution is -2.32. The lowest BCUT2D eigenvalue weighted by Gasteiger charge is -2.20. The van der Waals surface area contributed by atoms with Gasteiger partial charge in [0, 0.05) is 13.1 Å². The summed E-state index contributed by atoms with van der Waals surface area (Å²) in [5, 5.41) is 5.40. The van der Waals surface area contributed by atoms with Gasteiger partial charge in [0.2, 0.25) is 0 Å². The van der Waals surface area contributed by atoms with E-state index in [1.807, 2.05) is 65.8 Å². The summed E-state index contributed by atoms with van der Waals surface area (Å²) < 4.78 is 10.4. The average molecular weight is 336 g/mol. The fraction of sp³-hybridized carbons (Fsp3) is 0.556. The van der Waals surface area contributed by atoms with Gasteiger partial charge >= 0.3 is 12.2 Å². The van der Waals surface area contributed by atoms with Gasteiger partial charge in [-0.3, -0.25) is 0 Å². The number of rotatable bonds is 4. The van der Waals surface area contributed by atoms with Gasteiger partial charge in [-0.15, -0.1) is 0 Å². The monoisotopic (exact) mass is 336 g/mol. The van der Waals surface area contributed by atoms with Gasteiger partial charge in [0.05, 0.1) is 0 Å². The summed E-state index contributed by atoms with van der Waals surface area (Å²) in [5.41, 5.74) is 0.867. The van der Waals surface area contributed by atoms with Gasteiger partial charge in [-0.05, 0) is 52.7 Å². The van der Waals surface area contributed by atoms with Crippen molar-refractivity contribution in [3.05, 3.63) is 35.4 Å². The van der Waals surface area contributed by atoms with E-state index < -0.39 is 23.4 Å². The quantitative estimate of drug-likeness (QED) is 0.878. The third kappa shape index (κ3) is 9.02. The highest BCUT2D eigenvalue weighted by atomic mass is 16.6. The first-order valence-electron chi connectivity index (χ1n) is 7.96. The van der Waals surface area contributed by atoms with Crippen molar-refractivity contribution in [2.75, 3.05) is 0 Å². The van der Waals surface area contributed by atoms with E-state index in [9.17, 15) is 9.59 Å². The van der Waals surface area contributed by atoms with Crippen LogP contribution >= 0.6 is 0 Å². The molecule has 0 unspecified atom stereocenters. The van der Waals surface area contributed by atoms with Crippen LogP contribution in [0.1, 0.15) is 52.7 Å². The zero-order valence-electron chi connectivity index (χ0n) is 15.4. The van der Waals surface area contributed by atoms with Gasteiger partial charge in [-0.25, -0.2) is 9.59 Å². The predicted molar refractivity (Wildman–Crippen MR) is 92.6 cm³/mol. The third-order valence-electron chi connectivity index (χ3n) is 2.69. The maximum Gasteiger partial charge on any atom is 0.407 e. The molecule has 134 valence electrons. The molecule has 0 atom stereocenters. The van der Waals surface area contributed by atoms with Crippen LogP contribution in [0.25, 0.3) is 0 Å². The van der Waals surface area contributed by atoms with Crippen LogP contribution < -0.4 is 10.6 Å². The van der Waals surface area contributed by atoms with Crippen molar-refractivity contribution >= 4 is 12.2 Å². The number of hydrogen-bond donors (Lipinski definition) is 2. The molecular formula is C18H28N2O4. The molecule has 6 heteroatoms. The van der Waals surface area contributed by atoms with E-state index in [0.29, 0.717) is 13.1 Å². The Bertz CT molecular complexity index is 503. The molecule has 2 amide bonds. The van der Waals surface area contributed by atoms with Crippen molar-refractivity contribution in [2.24, 2.45) is 0 Å². The molecule has 0 saturated carbocycles. The molecule has 0 saturated heterocycles. The van der Waals surface area contributed by atoms with Gasteiger partial charge in [-0.1, -0.05) is 24.3 Å². The molecule has 24 heavy (non-hydrogen) atoms. The summed E-state index contributed by atoms with van der Waals surface area (Å²) in [6.45, 7) is 11.7. The summed E-state index contributed by atoms with van der Waals surface area (Å²) in [7, 11) is 0. The summed E-state index contributed by atoms with van der Waals surface area (Å²) in [4.78, 5) is 23.2. The minimum Gasteiger partial charge on any atom is -0.444 e. The highest BCUT2D eigenvalue weighted by Crippen LogP contribution is 2.09. The van der Waals surface area contributed by atoms with E-state index in [1.165, 1.54) is 0 Å². The van der Waals surface area contributed by atoms with Gasteiger partial charge in [0.15, 0.2) is 0 Å². The van der Waals surface area contributed by atoms with Crippen LogP contribution in [0.15, 0.2) is 24.3 Å². The maximum atomic E-state index is 11.6. The lowest BCUT2D eigenvalue weighted by molar-refractivity contribution is 0.0511. The maximum absolute atomic E-state index is 11.6. The first-order chi connectivity index (χ1) is 10.9. The molecule has 1 rings (SSSR count). The lowest BCUT2D eigenvalue weighted by atomic mass is 10.1. The first kappa shape index (κ1) is 19.8. The Kier molecular flexibility index (Phi) is 6.63. The zero-order chi connectivity index (χ0) is 18.4. The zero-order valence-corrected chi connectivity index (χ0v) is 15.4. The number of nitrogens with one attached hydrogen (secondary N) is 2. The fourth-order valence-electron chi connectivity index (χ4n) is 1.75. The Balaban J connectivity index is 2.41. The van der Waals surface area contributed by atoms with E-state index in [2.05, 4.69) is 10.6 Å². The van der Waals surface area contributed by atoms with Gasteiger partial charge in [0.25, 0.3) is 0 Å². The van der Waals surface area contributed by atoms with Crippen molar-refractivity contribution in [2.45, 2.75) is 65.8 Å². The van der Waals surface area contributed by atoms with Crippen LogP contribution in [0.2, 0.25) is 0 Å². The van der Waals surface area contributed by atoms with Crippen LogP contribution in [0.5, 0.6) is 0 Å². The molecule has 1 aromatic carbocycles. The molecule has 2 N–H and O–H groups in total. The van der Waals surface area contributed by atoms with Crippen LogP contribution in [-0.4, -0.2) is 23.4 Å². The number of carbonyl (C=O) groups is 2. The van der Waals surface area contributed by atoms with Gasteiger partial charge < -0.3 is 20.1 Å². The Morgan fingerprint density at radius 3 is 1.29 bits per heavy atom. The second-order valence-corrected chi connectivity index (χ2v) is 7.53. The molecule has 6 nitrogen and oxygen atoms in total. The molecule has 0 heterocycles. The minimum absolute atomic E-state index is 0.384. The van der Waals surface area contributed by atoms with E-state index in [1.54, 1.807) is 0 Å². The van der Waals surface area contributed by atoms with Crippen molar-refractivity contribution < 1.29 is 19.1 Å². The topological polar surface area (TPSA) is 76.7 Å². The SMILES string of the molecule is CC(C)(C)OC(=O)NCc1ccc(CNC(=O)OC(C)(C)C)cc1. The highest BCUT2D eigenvalue weighted by molar-refractivity contribution is 5.68. The summed E-state index contributed by atoms with van der Waals surface area (Å²) in [6, 6.07) is 7.57. The molecule has 0 bridgehead atoms. The largest absolute Gasteiger partial charge is 0.444 e. The van der Waals surface area contributed by atoms with Crippen LogP contribution in [-0.2, 0) is 22.6 Å². The average Bonchev–Trinajstić information content (AvgIpc) is 2.40. The van der Waals surface area contributed by atoms with Crippen LogP contribution in [0.3, 0.4) is 0 Å². The fourth-order valence-corrected chi connectivity index (χ4v) is 1.75. The minimum atomic E-state index is -0.513. The number of benzene rings is 1. The molecular weight excluding hydrogens is 308 g/mol. The van der Waals surface area contributed by atoms with E-state index in [-0.39, 0.29) is 0 Å². The number of ether oxygens (including phenoxy) is 2. The van der Waals surface area contributed by atoms with Crippen LogP contribution in [0.4, 0.5) is 9.59 Å². The van der Waals surface area contributed by atoms with Gasteiger partial charge in [0.1, 0.15) is 11.2 Å². The van der Waals surface area contributed by atoms with Crippen molar-refractivity contribution in [3.63, 3.8) is 0 Å². The molecule has 0 fully saturated rings. The normalized spacial score (nSPS) is 11.6. The Morgan fingerprint density at radius 1 is 0.750 bits per heavy atom. The van der Waals surface area contributed by atoms with Crippen molar-refractivity contribution in [1.29, 1.82) is 0 Å². The number of amides is 2. The smallest absolute Gasteiger partial charge is 0.407 e. The highest BCUT2D eigenvalue weighted by Gasteiger charge is 2.16. The van der Waals surface area contributed by atoms with Crippen molar-refractivity contribution in [3.8, 4) is 0 Å². The molecule has 1 aromatic rings. The molecule has 0 aliphatic rings. The molecule has 0 radical (unpaired) electrons. The van der Waals surface area contributed by atoms with Crippen molar-refractivity contribution in [1.82, 2.24) is 10.6 Å². The summed E-state index contributed by atoms with van der Waals surface area (Å²) in [6.07, 6.45) is -0.892. The van der Waals surface area contributed by atoms with E-state index in [0.717, 1.165) is 11.1 Å². The van der Waals surface area contributed by atoms with E-state index in [4.69, 9.17) is 9.47 Å². The summed E-state index contributed by atoms with van der Waals surface area (Å²) in [5.74, 6) is 0. The first-order valence-corrected chi connectivity index (χ1v) is 7.96. The molecule has 0 spiro atoms. The second kappa shape index (κ2) is 8.04. The number of carbonyl (C=O) groups excluding carboxylic acids is 2. The predicted octanol–water partition coefficient (Wildman–Crippen LogP) is 3.74. The Labute approximate surface area is 143 Å². The van der Waals surface area contributed by atoms with Crippen LogP contribution in [0, 0.1) is 0 Å². The molecule has 0 aliphatic carbocycles. The molecule has 0 aromatic heterocycles. The summed E-state index contributed by atoms with van der Waals surface area (Å²) >= 11 is 0.